The number of nitrogens with zero attached hydrogens (tertiary/aromatic N) is 2. The van der Waals surface area contributed by atoms with Crippen LogP contribution in [0.2, 0.25) is 0 Å². The van der Waals surface area contributed by atoms with Crippen LogP contribution in [0, 0.1) is 6.92 Å². The number of anilines is 1. The zero-order valence-corrected chi connectivity index (χ0v) is 11.8. The van der Waals surface area contributed by atoms with Crippen LogP contribution in [-0.4, -0.2) is 47.5 Å². The summed E-state index contributed by atoms with van der Waals surface area (Å²) in [6.07, 6.45) is 0.923. The van der Waals surface area contributed by atoms with Gasteiger partial charge in [-0.1, -0.05) is 0 Å². The van der Waals surface area contributed by atoms with Crippen LogP contribution in [0.15, 0.2) is 6.07 Å². The molecule has 1 aromatic heterocycles. The maximum Gasteiger partial charge on any atom is 0.226 e. The van der Waals surface area contributed by atoms with Gasteiger partial charge >= 0.3 is 0 Å². The normalized spacial score (nSPS) is 10.8. The first-order valence-electron chi connectivity index (χ1n) is 6.56. The van der Waals surface area contributed by atoms with Crippen LogP contribution < -0.4 is 10.1 Å². The van der Waals surface area contributed by atoms with E-state index in [1.165, 1.54) is 0 Å². The standard InChI is InChI=1S/C13H23N3O3/c1-10(2)19-12-9-11(3)15-13(16-12)14-5-4-7-18-8-6-17/h9-10,17H,4-8H2,1-3H3,(H,14,15,16). The van der Waals surface area contributed by atoms with E-state index in [0.717, 1.165) is 18.7 Å². The van der Waals surface area contributed by atoms with Crippen molar-refractivity contribution in [2.24, 2.45) is 0 Å². The van der Waals surface area contributed by atoms with Crippen molar-refractivity contribution in [3.8, 4) is 5.88 Å². The maximum absolute atomic E-state index is 8.56. The van der Waals surface area contributed by atoms with Gasteiger partial charge in [-0.15, -0.1) is 0 Å². The maximum atomic E-state index is 8.56. The van der Waals surface area contributed by atoms with Crippen LogP contribution in [-0.2, 0) is 4.74 Å². The van der Waals surface area contributed by atoms with Crippen molar-refractivity contribution in [2.75, 3.05) is 31.7 Å². The number of ether oxygens (including phenoxy) is 2. The van der Waals surface area contributed by atoms with E-state index in [1.54, 1.807) is 0 Å². The molecule has 0 amide bonds. The van der Waals surface area contributed by atoms with Crippen LogP contribution in [0.1, 0.15) is 26.0 Å². The minimum atomic E-state index is 0.0598. The first kappa shape index (κ1) is 15.7. The van der Waals surface area contributed by atoms with Gasteiger partial charge in [-0.2, -0.15) is 4.98 Å². The number of aryl methyl sites for hydroxylation is 1. The van der Waals surface area contributed by atoms with E-state index in [1.807, 2.05) is 26.8 Å². The molecule has 0 saturated carbocycles. The minimum Gasteiger partial charge on any atom is -0.475 e. The molecule has 1 rings (SSSR count). The predicted molar refractivity (Wildman–Crippen MR) is 73.5 cm³/mol. The zero-order chi connectivity index (χ0) is 14.1. The summed E-state index contributed by atoms with van der Waals surface area (Å²) in [6.45, 7) is 7.60. The van der Waals surface area contributed by atoms with Crippen molar-refractivity contribution in [1.29, 1.82) is 0 Å². The first-order chi connectivity index (χ1) is 9.11. The van der Waals surface area contributed by atoms with Gasteiger partial charge < -0.3 is 19.9 Å². The number of hydrogen-bond acceptors (Lipinski definition) is 6. The number of nitrogens with one attached hydrogen (secondary N) is 1. The summed E-state index contributed by atoms with van der Waals surface area (Å²) >= 11 is 0. The second kappa shape index (κ2) is 8.66. The number of rotatable bonds is 9. The third-order valence-corrected chi connectivity index (χ3v) is 2.17. The summed E-state index contributed by atoms with van der Waals surface area (Å²) in [4.78, 5) is 8.57. The highest BCUT2D eigenvalue weighted by Gasteiger charge is 2.04. The second-order valence-corrected chi connectivity index (χ2v) is 4.45. The van der Waals surface area contributed by atoms with Crippen molar-refractivity contribution < 1.29 is 14.6 Å². The Hall–Kier alpha value is -1.40. The van der Waals surface area contributed by atoms with Gasteiger partial charge in [0, 0.05) is 24.9 Å². The number of aliphatic hydroxyl groups excluding tert-OH is 1. The number of aliphatic hydroxyl groups is 1. The smallest absolute Gasteiger partial charge is 0.226 e. The fourth-order valence-corrected chi connectivity index (χ4v) is 1.46. The van der Waals surface area contributed by atoms with Crippen molar-refractivity contribution >= 4 is 5.95 Å². The molecule has 0 aliphatic carbocycles. The molecular weight excluding hydrogens is 246 g/mol. The second-order valence-electron chi connectivity index (χ2n) is 4.45. The highest BCUT2D eigenvalue weighted by Crippen LogP contribution is 2.13. The Bertz CT molecular complexity index is 372. The molecule has 2 N–H and O–H groups in total. The van der Waals surface area contributed by atoms with Crippen molar-refractivity contribution in [1.82, 2.24) is 9.97 Å². The van der Waals surface area contributed by atoms with E-state index >= 15 is 0 Å². The molecule has 6 heteroatoms. The fraction of sp³-hybridized carbons (Fsp3) is 0.692. The molecule has 108 valence electrons. The van der Waals surface area contributed by atoms with Crippen LogP contribution in [0.4, 0.5) is 5.95 Å². The third kappa shape index (κ3) is 6.93. The van der Waals surface area contributed by atoms with Gasteiger partial charge in [0.1, 0.15) is 0 Å². The average Bonchev–Trinajstić information content (AvgIpc) is 2.32. The van der Waals surface area contributed by atoms with E-state index in [9.17, 15) is 0 Å². The molecular formula is C13H23N3O3. The van der Waals surface area contributed by atoms with Gasteiger partial charge in [0.05, 0.1) is 19.3 Å². The SMILES string of the molecule is Cc1cc(OC(C)C)nc(NCCCOCCO)n1. The Morgan fingerprint density at radius 3 is 2.79 bits per heavy atom. The molecule has 6 nitrogen and oxygen atoms in total. The quantitative estimate of drug-likeness (QED) is 0.660. The molecule has 1 heterocycles. The van der Waals surface area contributed by atoms with Gasteiger partial charge in [0.25, 0.3) is 0 Å². The molecule has 0 unspecified atom stereocenters. The molecule has 0 fully saturated rings. The molecule has 0 aliphatic heterocycles. The molecule has 0 spiro atoms. The van der Waals surface area contributed by atoms with E-state index in [2.05, 4.69) is 15.3 Å². The molecule has 0 radical (unpaired) electrons. The van der Waals surface area contributed by atoms with Gasteiger partial charge in [-0.25, -0.2) is 4.98 Å². The molecule has 0 saturated heterocycles. The lowest BCUT2D eigenvalue weighted by Gasteiger charge is -2.11. The Morgan fingerprint density at radius 2 is 2.11 bits per heavy atom. The summed E-state index contributed by atoms with van der Waals surface area (Å²) in [5, 5.41) is 11.7. The van der Waals surface area contributed by atoms with Crippen molar-refractivity contribution in [2.45, 2.75) is 33.3 Å². The molecule has 0 atom stereocenters. The lowest BCUT2D eigenvalue weighted by atomic mass is 10.4. The van der Waals surface area contributed by atoms with E-state index in [4.69, 9.17) is 14.6 Å². The molecule has 0 aromatic carbocycles. The van der Waals surface area contributed by atoms with E-state index < -0.39 is 0 Å². The molecule has 0 aliphatic rings. The summed E-state index contributed by atoms with van der Waals surface area (Å²) < 4.78 is 10.7. The van der Waals surface area contributed by atoms with Gasteiger partial charge in [-0.3, -0.25) is 0 Å². The summed E-state index contributed by atoms with van der Waals surface area (Å²) in [5.41, 5.74) is 0.865. The van der Waals surface area contributed by atoms with Crippen molar-refractivity contribution in [3.63, 3.8) is 0 Å². The summed E-state index contributed by atoms with van der Waals surface area (Å²) in [6, 6.07) is 1.82. The van der Waals surface area contributed by atoms with Crippen LogP contribution in [0.5, 0.6) is 5.88 Å². The fourth-order valence-electron chi connectivity index (χ4n) is 1.46. The van der Waals surface area contributed by atoms with Crippen LogP contribution in [0.25, 0.3) is 0 Å². The van der Waals surface area contributed by atoms with Crippen molar-refractivity contribution in [3.05, 3.63) is 11.8 Å². The Kier molecular flexibility index (Phi) is 7.14. The van der Waals surface area contributed by atoms with Gasteiger partial charge in [0.15, 0.2) is 0 Å². The highest BCUT2D eigenvalue weighted by molar-refractivity contribution is 5.30. The lowest BCUT2D eigenvalue weighted by molar-refractivity contribution is 0.0921. The zero-order valence-electron chi connectivity index (χ0n) is 11.8. The Labute approximate surface area is 114 Å². The molecule has 0 bridgehead atoms. The van der Waals surface area contributed by atoms with E-state index in [0.29, 0.717) is 25.0 Å². The summed E-state index contributed by atoms with van der Waals surface area (Å²) in [7, 11) is 0. The topological polar surface area (TPSA) is 76.5 Å². The van der Waals surface area contributed by atoms with Gasteiger partial charge in [0.2, 0.25) is 11.8 Å². The minimum absolute atomic E-state index is 0.0598. The number of hydrogen-bond donors (Lipinski definition) is 2. The average molecular weight is 269 g/mol. The third-order valence-electron chi connectivity index (χ3n) is 2.17. The monoisotopic (exact) mass is 269 g/mol. The predicted octanol–water partition coefficient (Wildman–Crippen LogP) is 1.38. The highest BCUT2D eigenvalue weighted by atomic mass is 16.5. The largest absolute Gasteiger partial charge is 0.475 e. The molecule has 1 aromatic rings. The van der Waals surface area contributed by atoms with Crippen LogP contribution >= 0.6 is 0 Å². The molecule has 19 heavy (non-hydrogen) atoms. The Balaban J connectivity index is 2.38. The first-order valence-corrected chi connectivity index (χ1v) is 6.56. The Morgan fingerprint density at radius 1 is 1.32 bits per heavy atom. The van der Waals surface area contributed by atoms with Gasteiger partial charge in [-0.05, 0) is 27.2 Å². The number of aromatic nitrogens is 2. The summed E-state index contributed by atoms with van der Waals surface area (Å²) in [5.74, 6) is 1.15. The van der Waals surface area contributed by atoms with Crippen LogP contribution in [0.3, 0.4) is 0 Å². The van der Waals surface area contributed by atoms with E-state index in [-0.39, 0.29) is 12.7 Å². The lowest BCUT2D eigenvalue weighted by Crippen LogP contribution is -2.12.